The van der Waals surface area contributed by atoms with E-state index in [1.165, 1.54) is 0 Å². The molecule has 0 bridgehead atoms. The highest BCUT2D eigenvalue weighted by Crippen LogP contribution is 2.08. The highest BCUT2D eigenvalue weighted by Gasteiger charge is 2.16. The predicted molar refractivity (Wildman–Crippen MR) is 50.8 cm³/mol. The third-order valence-corrected chi connectivity index (χ3v) is 2.37. The summed E-state index contributed by atoms with van der Waals surface area (Å²) in [6.07, 6.45) is 0.431. The van der Waals surface area contributed by atoms with Crippen molar-refractivity contribution < 1.29 is 14.2 Å². The van der Waals surface area contributed by atoms with E-state index >= 15 is 0 Å². The van der Waals surface area contributed by atoms with E-state index in [2.05, 4.69) is 20.8 Å². The van der Waals surface area contributed by atoms with Crippen LogP contribution in [-0.4, -0.2) is 38.6 Å². The maximum Gasteiger partial charge on any atom is 0.104 e. The third kappa shape index (κ3) is 4.07. The molecule has 3 heteroatoms. The quantitative estimate of drug-likeness (QED) is 0.668. The van der Waals surface area contributed by atoms with Crippen LogP contribution in [0.1, 0.15) is 20.8 Å². The zero-order chi connectivity index (χ0) is 9.68. The van der Waals surface area contributed by atoms with Gasteiger partial charge in [-0.15, -0.1) is 0 Å². The molecule has 1 heterocycles. The molecule has 0 saturated carbocycles. The molecule has 1 rings (SSSR count). The van der Waals surface area contributed by atoms with Gasteiger partial charge in [-0.25, -0.2) is 0 Å². The lowest BCUT2D eigenvalue weighted by molar-refractivity contribution is -0.127. The number of rotatable bonds is 4. The molecule has 1 aliphatic heterocycles. The van der Waals surface area contributed by atoms with Crippen molar-refractivity contribution in [1.29, 1.82) is 0 Å². The lowest BCUT2D eigenvalue weighted by Crippen LogP contribution is -2.34. The van der Waals surface area contributed by atoms with Gasteiger partial charge in [-0.3, -0.25) is 0 Å². The summed E-state index contributed by atoms with van der Waals surface area (Å²) in [5, 5.41) is 0. The van der Waals surface area contributed by atoms with Crippen LogP contribution in [0.5, 0.6) is 0 Å². The van der Waals surface area contributed by atoms with Gasteiger partial charge in [0.1, 0.15) is 6.10 Å². The maximum absolute atomic E-state index is 5.64. The van der Waals surface area contributed by atoms with E-state index in [9.17, 15) is 0 Å². The summed E-state index contributed by atoms with van der Waals surface area (Å²) in [5.41, 5.74) is 0. The fraction of sp³-hybridized carbons (Fsp3) is 1.00. The molecule has 0 spiro atoms. The van der Waals surface area contributed by atoms with Crippen molar-refractivity contribution in [3.05, 3.63) is 0 Å². The highest BCUT2D eigenvalue weighted by molar-refractivity contribution is 4.62. The van der Waals surface area contributed by atoms with Gasteiger partial charge in [0.15, 0.2) is 0 Å². The standard InChI is InChI=1S/C10H20O3/c1-8(2)9(3)13-7-10-6-11-4-5-12-10/h8-10H,4-7H2,1-3H3/t9-,10+/m0/s1. The first-order valence-electron chi connectivity index (χ1n) is 5.01. The molecular formula is C10H20O3. The minimum atomic E-state index is 0.134. The van der Waals surface area contributed by atoms with Crippen molar-refractivity contribution in [3.8, 4) is 0 Å². The van der Waals surface area contributed by atoms with Crippen LogP contribution in [0.3, 0.4) is 0 Å². The van der Waals surface area contributed by atoms with Gasteiger partial charge in [0.25, 0.3) is 0 Å². The van der Waals surface area contributed by atoms with Gasteiger partial charge in [0.05, 0.1) is 32.5 Å². The molecule has 0 aromatic heterocycles. The zero-order valence-corrected chi connectivity index (χ0v) is 8.79. The molecule has 0 aromatic carbocycles. The van der Waals surface area contributed by atoms with Crippen molar-refractivity contribution in [3.63, 3.8) is 0 Å². The predicted octanol–water partition coefficient (Wildman–Crippen LogP) is 1.46. The molecule has 3 nitrogen and oxygen atoms in total. The maximum atomic E-state index is 5.64. The topological polar surface area (TPSA) is 27.7 Å². The molecular weight excluding hydrogens is 168 g/mol. The van der Waals surface area contributed by atoms with Crippen molar-refractivity contribution in [2.75, 3.05) is 26.4 Å². The molecule has 0 unspecified atom stereocenters. The van der Waals surface area contributed by atoms with Gasteiger partial charge in [0.2, 0.25) is 0 Å². The first kappa shape index (κ1) is 11.0. The van der Waals surface area contributed by atoms with E-state index in [0.717, 1.165) is 6.61 Å². The molecule has 78 valence electrons. The van der Waals surface area contributed by atoms with Crippen LogP contribution in [-0.2, 0) is 14.2 Å². The Labute approximate surface area is 80.4 Å². The van der Waals surface area contributed by atoms with E-state index in [1.807, 2.05) is 0 Å². The Kier molecular flexibility index (Phi) is 4.70. The van der Waals surface area contributed by atoms with Gasteiger partial charge in [0, 0.05) is 0 Å². The summed E-state index contributed by atoms with van der Waals surface area (Å²) in [7, 11) is 0. The Hall–Kier alpha value is -0.120. The molecule has 0 aromatic rings. The van der Waals surface area contributed by atoms with Crippen molar-refractivity contribution in [2.45, 2.75) is 33.0 Å². The summed E-state index contributed by atoms with van der Waals surface area (Å²) in [5.74, 6) is 0.560. The molecule has 1 aliphatic rings. The van der Waals surface area contributed by atoms with E-state index in [4.69, 9.17) is 14.2 Å². The van der Waals surface area contributed by atoms with Gasteiger partial charge in [-0.05, 0) is 12.8 Å². The number of ether oxygens (including phenoxy) is 3. The molecule has 0 aliphatic carbocycles. The third-order valence-electron chi connectivity index (χ3n) is 2.37. The Morgan fingerprint density at radius 2 is 2.08 bits per heavy atom. The van der Waals surface area contributed by atoms with Crippen LogP contribution in [0.4, 0.5) is 0 Å². The normalized spacial score (nSPS) is 26.3. The van der Waals surface area contributed by atoms with Crippen molar-refractivity contribution >= 4 is 0 Å². The average Bonchev–Trinajstić information content (AvgIpc) is 2.15. The largest absolute Gasteiger partial charge is 0.376 e. The average molecular weight is 188 g/mol. The molecule has 13 heavy (non-hydrogen) atoms. The van der Waals surface area contributed by atoms with Crippen molar-refractivity contribution in [2.24, 2.45) is 5.92 Å². The second-order valence-electron chi connectivity index (χ2n) is 3.85. The molecule has 1 fully saturated rings. The Morgan fingerprint density at radius 1 is 1.31 bits per heavy atom. The van der Waals surface area contributed by atoms with E-state index in [-0.39, 0.29) is 6.10 Å². The molecule has 0 radical (unpaired) electrons. The molecule has 0 N–H and O–H groups in total. The minimum absolute atomic E-state index is 0.134. The minimum Gasteiger partial charge on any atom is -0.376 e. The van der Waals surface area contributed by atoms with Crippen LogP contribution in [0.2, 0.25) is 0 Å². The SMILES string of the molecule is CC(C)[C@H](C)OC[C@H]1COCCO1. The summed E-state index contributed by atoms with van der Waals surface area (Å²) in [6.45, 7) is 9.14. The summed E-state index contributed by atoms with van der Waals surface area (Å²) in [4.78, 5) is 0. The second-order valence-corrected chi connectivity index (χ2v) is 3.85. The first-order chi connectivity index (χ1) is 6.20. The lowest BCUT2D eigenvalue weighted by Gasteiger charge is -2.25. The fourth-order valence-electron chi connectivity index (χ4n) is 1.08. The van der Waals surface area contributed by atoms with Crippen molar-refractivity contribution in [1.82, 2.24) is 0 Å². The molecule has 0 amide bonds. The van der Waals surface area contributed by atoms with Gasteiger partial charge in [-0.1, -0.05) is 13.8 Å². The number of hydrogen-bond donors (Lipinski definition) is 0. The summed E-state index contributed by atoms with van der Waals surface area (Å²) < 4.78 is 16.4. The monoisotopic (exact) mass is 188 g/mol. The summed E-state index contributed by atoms with van der Waals surface area (Å²) >= 11 is 0. The fourth-order valence-corrected chi connectivity index (χ4v) is 1.08. The van der Waals surface area contributed by atoms with E-state index < -0.39 is 0 Å². The molecule has 1 saturated heterocycles. The first-order valence-corrected chi connectivity index (χ1v) is 5.01. The van der Waals surface area contributed by atoms with Crippen LogP contribution in [0.25, 0.3) is 0 Å². The number of hydrogen-bond acceptors (Lipinski definition) is 3. The Bertz CT molecular complexity index is 130. The van der Waals surface area contributed by atoms with Crippen LogP contribution < -0.4 is 0 Å². The second kappa shape index (κ2) is 5.58. The highest BCUT2D eigenvalue weighted by atomic mass is 16.6. The van der Waals surface area contributed by atoms with Gasteiger partial charge >= 0.3 is 0 Å². The Morgan fingerprint density at radius 3 is 2.62 bits per heavy atom. The van der Waals surface area contributed by atoms with Crippen LogP contribution in [0, 0.1) is 5.92 Å². The smallest absolute Gasteiger partial charge is 0.104 e. The van der Waals surface area contributed by atoms with E-state index in [1.54, 1.807) is 0 Å². The van der Waals surface area contributed by atoms with Gasteiger partial charge in [-0.2, -0.15) is 0 Å². The van der Waals surface area contributed by atoms with Gasteiger partial charge < -0.3 is 14.2 Å². The zero-order valence-electron chi connectivity index (χ0n) is 8.79. The molecule has 2 atom stereocenters. The van der Waals surface area contributed by atoms with E-state index in [0.29, 0.717) is 31.8 Å². The van der Waals surface area contributed by atoms with Crippen LogP contribution in [0.15, 0.2) is 0 Å². The lowest BCUT2D eigenvalue weighted by atomic mass is 10.1. The Balaban J connectivity index is 2.10. The van der Waals surface area contributed by atoms with Crippen LogP contribution >= 0.6 is 0 Å². The summed E-state index contributed by atoms with van der Waals surface area (Å²) in [6, 6.07) is 0.